The maximum Gasteiger partial charge on any atom is 0.220 e. The molecule has 1 amide bonds. The van der Waals surface area contributed by atoms with E-state index in [1.807, 2.05) is 24.3 Å². The number of hydrogen-bond acceptors (Lipinski definition) is 4. The van der Waals surface area contributed by atoms with E-state index in [4.69, 9.17) is 4.74 Å². The Hall–Kier alpha value is -1.82. The minimum Gasteiger partial charge on any atom is -0.374 e. The van der Waals surface area contributed by atoms with Gasteiger partial charge in [0.1, 0.15) is 0 Å². The molecule has 1 saturated heterocycles. The van der Waals surface area contributed by atoms with Gasteiger partial charge in [0.25, 0.3) is 0 Å². The van der Waals surface area contributed by atoms with Gasteiger partial charge in [0.15, 0.2) is 0 Å². The number of rotatable bonds is 8. The third kappa shape index (κ3) is 6.48. The molecule has 0 aliphatic carbocycles. The fourth-order valence-corrected chi connectivity index (χ4v) is 3.86. The molecule has 0 saturated carbocycles. The SMILES string of the molecule is O=C(CCSc1ccccc1)NCC1CN(Cc2ccccc2)CCO1. The molecule has 1 aliphatic rings. The smallest absolute Gasteiger partial charge is 0.220 e. The van der Waals surface area contributed by atoms with Crippen molar-refractivity contribution in [2.24, 2.45) is 0 Å². The fraction of sp³-hybridized carbons (Fsp3) is 0.381. The summed E-state index contributed by atoms with van der Waals surface area (Å²) in [5, 5.41) is 3.02. The van der Waals surface area contributed by atoms with Gasteiger partial charge in [-0.05, 0) is 17.7 Å². The number of amides is 1. The Balaban J connectivity index is 1.34. The lowest BCUT2D eigenvalue weighted by atomic mass is 10.2. The van der Waals surface area contributed by atoms with Crippen LogP contribution in [0.2, 0.25) is 0 Å². The largest absolute Gasteiger partial charge is 0.374 e. The van der Waals surface area contributed by atoms with Crippen LogP contribution in [-0.2, 0) is 16.1 Å². The van der Waals surface area contributed by atoms with Gasteiger partial charge >= 0.3 is 0 Å². The molecule has 5 heteroatoms. The average molecular weight is 371 g/mol. The third-order valence-electron chi connectivity index (χ3n) is 4.34. The summed E-state index contributed by atoms with van der Waals surface area (Å²) in [7, 11) is 0. The predicted octanol–water partition coefficient (Wildman–Crippen LogP) is 3.19. The summed E-state index contributed by atoms with van der Waals surface area (Å²) in [6.07, 6.45) is 0.596. The maximum absolute atomic E-state index is 12.1. The molecule has 0 radical (unpaired) electrons. The van der Waals surface area contributed by atoms with Gasteiger partial charge in [-0.3, -0.25) is 9.69 Å². The van der Waals surface area contributed by atoms with Crippen LogP contribution in [0.4, 0.5) is 0 Å². The van der Waals surface area contributed by atoms with E-state index in [-0.39, 0.29) is 12.0 Å². The second-order valence-corrected chi connectivity index (χ2v) is 7.60. The van der Waals surface area contributed by atoms with Crippen LogP contribution in [0.5, 0.6) is 0 Å². The van der Waals surface area contributed by atoms with Crippen LogP contribution < -0.4 is 5.32 Å². The van der Waals surface area contributed by atoms with E-state index in [0.717, 1.165) is 32.0 Å². The number of nitrogens with zero attached hydrogens (tertiary/aromatic N) is 1. The minimum atomic E-state index is 0.0678. The lowest BCUT2D eigenvalue weighted by Crippen LogP contribution is -2.47. The molecule has 0 spiro atoms. The second-order valence-electron chi connectivity index (χ2n) is 6.43. The van der Waals surface area contributed by atoms with E-state index in [1.54, 1.807) is 11.8 Å². The van der Waals surface area contributed by atoms with Gasteiger partial charge in [-0.15, -0.1) is 11.8 Å². The number of thioether (sulfide) groups is 1. The number of ether oxygens (including phenoxy) is 1. The lowest BCUT2D eigenvalue weighted by molar-refractivity contribution is -0.121. The molecular formula is C21H26N2O2S. The number of hydrogen-bond donors (Lipinski definition) is 1. The van der Waals surface area contributed by atoms with E-state index in [0.29, 0.717) is 13.0 Å². The van der Waals surface area contributed by atoms with Crippen molar-refractivity contribution in [2.45, 2.75) is 24.0 Å². The molecule has 1 aliphatic heterocycles. The highest BCUT2D eigenvalue weighted by molar-refractivity contribution is 7.99. The van der Waals surface area contributed by atoms with Crippen LogP contribution in [0.1, 0.15) is 12.0 Å². The summed E-state index contributed by atoms with van der Waals surface area (Å²) < 4.78 is 5.81. The molecule has 1 atom stereocenters. The summed E-state index contributed by atoms with van der Waals surface area (Å²) >= 11 is 1.71. The van der Waals surface area contributed by atoms with Crippen LogP contribution in [0.3, 0.4) is 0 Å². The topological polar surface area (TPSA) is 41.6 Å². The number of carbonyl (C=O) groups is 1. The maximum atomic E-state index is 12.1. The lowest BCUT2D eigenvalue weighted by Gasteiger charge is -2.33. The Kier molecular flexibility index (Phi) is 7.55. The molecule has 26 heavy (non-hydrogen) atoms. The van der Waals surface area contributed by atoms with Crippen LogP contribution in [-0.4, -0.2) is 48.9 Å². The predicted molar refractivity (Wildman–Crippen MR) is 106 cm³/mol. The first kappa shape index (κ1) is 19.0. The van der Waals surface area contributed by atoms with Crippen molar-refractivity contribution in [1.82, 2.24) is 10.2 Å². The van der Waals surface area contributed by atoms with Gasteiger partial charge in [-0.2, -0.15) is 0 Å². The highest BCUT2D eigenvalue weighted by atomic mass is 32.2. The zero-order valence-electron chi connectivity index (χ0n) is 15.0. The Bertz CT molecular complexity index is 666. The molecule has 2 aromatic rings. The van der Waals surface area contributed by atoms with E-state index >= 15 is 0 Å². The number of morpholine rings is 1. The first-order valence-electron chi connectivity index (χ1n) is 9.12. The van der Waals surface area contributed by atoms with E-state index in [9.17, 15) is 4.79 Å². The van der Waals surface area contributed by atoms with Crippen LogP contribution in [0.25, 0.3) is 0 Å². The Morgan fingerprint density at radius 1 is 1.12 bits per heavy atom. The zero-order chi connectivity index (χ0) is 18.0. The molecule has 1 heterocycles. The van der Waals surface area contributed by atoms with Gasteiger partial charge in [-0.25, -0.2) is 0 Å². The average Bonchev–Trinajstić information content (AvgIpc) is 2.68. The van der Waals surface area contributed by atoms with Gasteiger partial charge in [-0.1, -0.05) is 48.5 Å². The van der Waals surface area contributed by atoms with Crippen molar-refractivity contribution in [3.63, 3.8) is 0 Å². The monoisotopic (exact) mass is 370 g/mol. The van der Waals surface area contributed by atoms with Crippen molar-refractivity contribution in [1.29, 1.82) is 0 Å². The van der Waals surface area contributed by atoms with Gasteiger partial charge in [0.05, 0.1) is 12.7 Å². The normalized spacial score (nSPS) is 17.8. The molecule has 138 valence electrons. The van der Waals surface area contributed by atoms with E-state index < -0.39 is 0 Å². The second kappa shape index (κ2) is 10.4. The van der Waals surface area contributed by atoms with Crippen molar-refractivity contribution >= 4 is 17.7 Å². The third-order valence-corrected chi connectivity index (χ3v) is 5.35. The molecule has 1 unspecified atom stereocenters. The summed E-state index contributed by atoms with van der Waals surface area (Å²) in [5.41, 5.74) is 1.31. The molecule has 3 rings (SSSR count). The van der Waals surface area contributed by atoms with Crippen LogP contribution in [0, 0.1) is 0 Å². The molecule has 0 aromatic heterocycles. The molecular weight excluding hydrogens is 344 g/mol. The summed E-state index contributed by atoms with van der Waals surface area (Å²) in [5.74, 6) is 0.888. The molecule has 1 fully saturated rings. The minimum absolute atomic E-state index is 0.0678. The number of carbonyl (C=O) groups excluding carboxylic acids is 1. The fourth-order valence-electron chi connectivity index (χ4n) is 2.98. The standard InChI is InChI=1S/C21H26N2O2S/c24-21(11-14-26-20-9-5-2-6-10-20)22-15-19-17-23(12-13-25-19)16-18-7-3-1-4-8-18/h1-10,19H,11-17H2,(H,22,24). The Morgan fingerprint density at radius 2 is 1.85 bits per heavy atom. The van der Waals surface area contributed by atoms with E-state index in [2.05, 4.69) is 46.6 Å². The number of nitrogens with one attached hydrogen (secondary N) is 1. The Labute approximate surface area is 159 Å². The van der Waals surface area contributed by atoms with Gasteiger partial charge < -0.3 is 10.1 Å². The molecule has 2 aromatic carbocycles. The van der Waals surface area contributed by atoms with Crippen LogP contribution >= 0.6 is 11.8 Å². The van der Waals surface area contributed by atoms with Crippen molar-refractivity contribution in [3.8, 4) is 0 Å². The quantitative estimate of drug-likeness (QED) is 0.725. The summed E-state index contributed by atoms with van der Waals surface area (Å²) in [6.45, 7) is 4.03. The zero-order valence-corrected chi connectivity index (χ0v) is 15.8. The first-order chi connectivity index (χ1) is 12.8. The van der Waals surface area contributed by atoms with Gasteiger partial charge in [0, 0.05) is 43.2 Å². The Morgan fingerprint density at radius 3 is 2.62 bits per heavy atom. The summed E-state index contributed by atoms with van der Waals surface area (Å²) in [4.78, 5) is 15.6. The molecule has 0 bridgehead atoms. The van der Waals surface area contributed by atoms with Gasteiger partial charge in [0.2, 0.25) is 5.91 Å². The molecule has 1 N–H and O–H groups in total. The summed E-state index contributed by atoms with van der Waals surface area (Å²) in [6, 6.07) is 20.7. The molecule has 4 nitrogen and oxygen atoms in total. The van der Waals surface area contributed by atoms with Crippen molar-refractivity contribution in [2.75, 3.05) is 32.0 Å². The van der Waals surface area contributed by atoms with Crippen molar-refractivity contribution < 1.29 is 9.53 Å². The highest BCUT2D eigenvalue weighted by Crippen LogP contribution is 2.17. The van der Waals surface area contributed by atoms with E-state index in [1.165, 1.54) is 10.5 Å². The first-order valence-corrected chi connectivity index (χ1v) is 10.1. The van der Waals surface area contributed by atoms with Crippen molar-refractivity contribution in [3.05, 3.63) is 66.2 Å². The number of benzene rings is 2. The van der Waals surface area contributed by atoms with Crippen LogP contribution in [0.15, 0.2) is 65.6 Å². The highest BCUT2D eigenvalue weighted by Gasteiger charge is 2.20.